The van der Waals surface area contributed by atoms with E-state index in [4.69, 9.17) is 0 Å². The van der Waals surface area contributed by atoms with Crippen molar-refractivity contribution in [3.05, 3.63) is 35.9 Å². The van der Waals surface area contributed by atoms with Crippen LogP contribution >= 0.6 is 0 Å². The fraction of sp³-hybridized carbons (Fsp3) is 0.647. The van der Waals surface area contributed by atoms with Crippen LogP contribution in [-0.4, -0.2) is 31.1 Å². The van der Waals surface area contributed by atoms with Gasteiger partial charge in [-0.15, -0.1) is 0 Å². The van der Waals surface area contributed by atoms with E-state index in [0.717, 1.165) is 6.54 Å². The average Bonchev–Trinajstić information content (AvgIpc) is 2.69. The van der Waals surface area contributed by atoms with Gasteiger partial charge in [0, 0.05) is 37.7 Å². The van der Waals surface area contributed by atoms with Crippen molar-refractivity contribution >= 4 is 0 Å². The molecule has 0 bridgehead atoms. The monoisotopic (exact) mass is 496 g/mol. The molecule has 0 aliphatic carbocycles. The molecule has 0 radical (unpaired) electrons. The molecule has 2 fully saturated rings. The van der Waals surface area contributed by atoms with Crippen molar-refractivity contribution < 1.29 is 31.1 Å². The molecular formula is C17H26N2U. The Labute approximate surface area is 147 Å². The van der Waals surface area contributed by atoms with E-state index < -0.39 is 0 Å². The SMILES string of the molecule is [U].c1ccc(CN2CCC3(CCCNCC3)CC2)cc1. The van der Waals surface area contributed by atoms with Crippen molar-refractivity contribution in [1.82, 2.24) is 10.2 Å². The fourth-order valence-corrected chi connectivity index (χ4v) is 3.72. The molecule has 1 N–H and O–H groups in total. The van der Waals surface area contributed by atoms with Gasteiger partial charge in [-0.25, -0.2) is 0 Å². The van der Waals surface area contributed by atoms with Gasteiger partial charge in [-0.05, 0) is 69.3 Å². The van der Waals surface area contributed by atoms with Crippen LogP contribution in [0.25, 0.3) is 0 Å². The summed E-state index contributed by atoms with van der Waals surface area (Å²) in [5, 5.41) is 3.56. The minimum absolute atomic E-state index is 0. The molecule has 0 unspecified atom stereocenters. The summed E-state index contributed by atoms with van der Waals surface area (Å²) in [4.78, 5) is 2.64. The smallest absolute Gasteiger partial charge is 0.0233 e. The summed E-state index contributed by atoms with van der Waals surface area (Å²) in [6, 6.07) is 10.9. The van der Waals surface area contributed by atoms with Gasteiger partial charge in [0.25, 0.3) is 0 Å². The van der Waals surface area contributed by atoms with Gasteiger partial charge < -0.3 is 5.32 Å². The topological polar surface area (TPSA) is 15.3 Å². The Kier molecular flexibility index (Phi) is 6.62. The van der Waals surface area contributed by atoms with E-state index in [-0.39, 0.29) is 31.1 Å². The zero-order valence-electron chi connectivity index (χ0n) is 12.4. The molecule has 2 heterocycles. The fourth-order valence-electron chi connectivity index (χ4n) is 3.72. The van der Waals surface area contributed by atoms with E-state index in [1.807, 2.05) is 0 Å². The molecule has 2 aliphatic rings. The van der Waals surface area contributed by atoms with Crippen LogP contribution in [0.5, 0.6) is 0 Å². The summed E-state index contributed by atoms with van der Waals surface area (Å²) in [6.45, 7) is 6.17. The molecular weight excluding hydrogens is 470 g/mol. The van der Waals surface area contributed by atoms with Crippen LogP contribution in [0.4, 0.5) is 0 Å². The molecule has 1 aromatic carbocycles. The maximum atomic E-state index is 3.56. The summed E-state index contributed by atoms with van der Waals surface area (Å²) in [6.07, 6.45) is 7.02. The van der Waals surface area contributed by atoms with Crippen LogP contribution in [0.2, 0.25) is 0 Å². The molecule has 2 aliphatic heterocycles. The maximum Gasteiger partial charge on any atom is 0.0233 e. The summed E-state index contributed by atoms with van der Waals surface area (Å²) in [7, 11) is 0. The first-order valence-electron chi connectivity index (χ1n) is 7.83. The molecule has 20 heavy (non-hydrogen) atoms. The zero-order chi connectivity index (χ0) is 13.0. The van der Waals surface area contributed by atoms with Crippen LogP contribution in [0, 0.1) is 36.5 Å². The normalized spacial score (nSPS) is 23.0. The van der Waals surface area contributed by atoms with E-state index in [9.17, 15) is 0 Å². The number of nitrogens with one attached hydrogen (secondary N) is 1. The quantitative estimate of drug-likeness (QED) is 0.678. The van der Waals surface area contributed by atoms with Crippen molar-refractivity contribution in [1.29, 1.82) is 0 Å². The van der Waals surface area contributed by atoms with Crippen molar-refractivity contribution in [3.63, 3.8) is 0 Å². The number of rotatable bonds is 2. The first-order chi connectivity index (χ1) is 9.36. The third-order valence-electron chi connectivity index (χ3n) is 5.06. The van der Waals surface area contributed by atoms with Crippen LogP contribution < -0.4 is 5.32 Å². The summed E-state index contributed by atoms with van der Waals surface area (Å²) in [5.41, 5.74) is 2.12. The Hall–Kier alpha value is 0.192. The molecule has 1 spiro atoms. The van der Waals surface area contributed by atoms with E-state index in [1.54, 1.807) is 0 Å². The Morgan fingerprint density at radius 1 is 0.950 bits per heavy atom. The summed E-state index contributed by atoms with van der Waals surface area (Å²) < 4.78 is 0. The van der Waals surface area contributed by atoms with Crippen LogP contribution in [0.3, 0.4) is 0 Å². The molecule has 0 amide bonds. The van der Waals surface area contributed by atoms with Gasteiger partial charge in [-0.3, -0.25) is 4.90 Å². The zero-order valence-corrected chi connectivity index (χ0v) is 16.6. The molecule has 0 aromatic heterocycles. The third-order valence-corrected chi connectivity index (χ3v) is 5.06. The number of nitrogens with zero attached hydrogens (tertiary/aromatic N) is 1. The Morgan fingerprint density at radius 2 is 1.70 bits per heavy atom. The minimum atomic E-state index is 0. The minimum Gasteiger partial charge on any atom is -0.317 e. The molecule has 3 rings (SSSR count). The van der Waals surface area contributed by atoms with E-state index in [1.165, 1.54) is 63.8 Å². The van der Waals surface area contributed by atoms with Gasteiger partial charge in [0.15, 0.2) is 0 Å². The molecule has 0 atom stereocenters. The van der Waals surface area contributed by atoms with Gasteiger partial charge >= 0.3 is 0 Å². The molecule has 108 valence electrons. The van der Waals surface area contributed by atoms with Crippen molar-refractivity contribution in [2.24, 2.45) is 5.41 Å². The second-order valence-electron chi connectivity index (χ2n) is 6.37. The first kappa shape index (κ1) is 16.6. The molecule has 1 aromatic rings. The number of hydrogen-bond acceptors (Lipinski definition) is 2. The molecule has 0 saturated carbocycles. The molecule has 2 saturated heterocycles. The Balaban J connectivity index is 0.00000147. The van der Waals surface area contributed by atoms with Crippen LogP contribution in [0.1, 0.15) is 37.7 Å². The average molecular weight is 496 g/mol. The van der Waals surface area contributed by atoms with Crippen LogP contribution in [-0.2, 0) is 6.54 Å². The van der Waals surface area contributed by atoms with E-state index >= 15 is 0 Å². The maximum absolute atomic E-state index is 3.56. The molecule has 3 heteroatoms. The van der Waals surface area contributed by atoms with Gasteiger partial charge in [-0.2, -0.15) is 0 Å². The largest absolute Gasteiger partial charge is 0.317 e. The van der Waals surface area contributed by atoms with E-state index in [2.05, 4.69) is 40.5 Å². The van der Waals surface area contributed by atoms with Gasteiger partial charge in [0.1, 0.15) is 0 Å². The molecule has 2 nitrogen and oxygen atoms in total. The number of hydrogen-bond donors (Lipinski definition) is 1. The first-order valence-corrected chi connectivity index (χ1v) is 7.83. The van der Waals surface area contributed by atoms with Gasteiger partial charge in [-0.1, -0.05) is 30.3 Å². The summed E-state index contributed by atoms with van der Waals surface area (Å²) >= 11 is 0. The van der Waals surface area contributed by atoms with Crippen LogP contribution in [0.15, 0.2) is 30.3 Å². The second kappa shape index (κ2) is 7.99. The Bertz CT molecular complexity index is 375. The van der Waals surface area contributed by atoms with Gasteiger partial charge in [0.2, 0.25) is 0 Å². The van der Waals surface area contributed by atoms with Crippen molar-refractivity contribution in [2.45, 2.75) is 38.6 Å². The van der Waals surface area contributed by atoms with E-state index in [0.29, 0.717) is 5.41 Å². The second-order valence-corrected chi connectivity index (χ2v) is 6.37. The van der Waals surface area contributed by atoms with Crippen molar-refractivity contribution in [2.75, 3.05) is 26.2 Å². The Morgan fingerprint density at radius 3 is 2.45 bits per heavy atom. The predicted molar refractivity (Wildman–Crippen MR) is 80.1 cm³/mol. The predicted octanol–water partition coefficient (Wildman–Crippen LogP) is 3.04. The standard InChI is InChI=1S/C17H26N2.U/c1-2-5-16(6-3-1)15-19-13-9-17(10-14-19)7-4-11-18-12-8-17;/h1-3,5-6,18H,4,7-15H2;. The number of piperidine rings is 1. The third kappa shape index (κ3) is 4.34. The van der Waals surface area contributed by atoms with Crippen molar-refractivity contribution in [3.8, 4) is 0 Å². The number of benzene rings is 1. The number of likely N-dealkylation sites (tertiary alicyclic amines) is 1. The van der Waals surface area contributed by atoms with Gasteiger partial charge in [0.05, 0.1) is 0 Å². The summed E-state index contributed by atoms with van der Waals surface area (Å²) in [5.74, 6) is 0.